The summed E-state index contributed by atoms with van der Waals surface area (Å²) >= 11 is 6.26. The predicted octanol–water partition coefficient (Wildman–Crippen LogP) is 5.42. The van der Waals surface area contributed by atoms with Gasteiger partial charge in [-0.3, -0.25) is 4.40 Å². The number of benzene rings is 2. The largest absolute Gasteiger partial charge is 0.495 e. The molecule has 0 aliphatic carbocycles. The molecular weight excluding hydrogens is 390 g/mol. The van der Waals surface area contributed by atoms with E-state index >= 15 is 0 Å². The molecule has 2 aromatic carbocycles. The summed E-state index contributed by atoms with van der Waals surface area (Å²) in [5.41, 5.74) is 3.20. The van der Waals surface area contributed by atoms with Crippen molar-refractivity contribution in [2.75, 3.05) is 26.6 Å². The van der Waals surface area contributed by atoms with Gasteiger partial charge in [0.1, 0.15) is 22.9 Å². The first kappa shape index (κ1) is 19.0. The van der Waals surface area contributed by atoms with Crippen molar-refractivity contribution >= 4 is 28.8 Å². The summed E-state index contributed by atoms with van der Waals surface area (Å²) in [6, 6.07) is 17.1. The molecule has 0 aliphatic rings. The Morgan fingerprint density at radius 2 is 1.62 bits per heavy atom. The van der Waals surface area contributed by atoms with Crippen LogP contribution in [0.15, 0.2) is 60.8 Å². The van der Waals surface area contributed by atoms with E-state index in [0.717, 1.165) is 34.2 Å². The molecule has 0 unspecified atom stereocenters. The van der Waals surface area contributed by atoms with E-state index in [1.54, 1.807) is 21.3 Å². The van der Waals surface area contributed by atoms with Gasteiger partial charge in [0.25, 0.3) is 0 Å². The van der Waals surface area contributed by atoms with Gasteiger partial charge in [0.2, 0.25) is 0 Å². The monoisotopic (exact) mass is 409 g/mol. The van der Waals surface area contributed by atoms with Crippen LogP contribution in [0, 0.1) is 0 Å². The molecule has 7 heteroatoms. The third kappa shape index (κ3) is 3.54. The Morgan fingerprint density at radius 3 is 2.38 bits per heavy atom. The molecule has 0 saturated carbocycles. The van der Waals surface area contributed by atoms with Gasteiger partial charge in [-0.05, 0) is 42.5 Å². The van der Waals surface area contributed by atoms with Crippen molar-refractivity contribution in [1.82, 2.24) is 9.38 Å². The van der Waals surface area contributed by atoms with Gasteiger partial charge in [-0.2, -0.15) is 0 Å². The molecule has 4 aromatic rings. The van der Waals surface area contributed by atoms with Gasteiger partial charge in [0, 0.05) is 11.8 Å². The van der Waals surface area contributed by atoms with Crippen LogP contribution in [0.2, 0.25) is 5.02 Å². The number of nitrogens with zero attached hydrogens (tertiary/aromatic N) is 2. The van der Waals surface area contributed by atoms with Crippen molar-refractivity contribution < 1.29 is 14.2 Å². The second-order valence-electron chi connectivity index (χ2n) is 6.28. The maximum atomic E-state index is 6.26. The van der Waals surface area contributed by atoms with Gasteiger partial charge in [0.15, 0.2) is 11.5 Å². The summed E-state index contributed by atoms with van der Waals surface area (Å²) in [4.78, 5) is 4.81. The summed E-state index contributed by atoms with van der Waals surface area (Å²) in [5, 5.41) is 4.06. The predicted molar refractivity (Wildman–Crippen MR) is 115 cm³/mol. The van der Waals surface area contributed by atoms with E-state index in [-0.39, 0.29) is 0 Å². The molecular formula is C22H20ClN3O3. The van der Waals surface area contributed by atoms with Crippen LogP contribution in [-0.4, -0.2) is 30.7 Å². The lowest BCUT2D eigenvalue weighted by Crippen LogP contribution is -1.99. The van der Waals surface area contributed by atoms with Crippen molar-refractivity contribution in [2.45, 2.75) is 0 Å². The van der Waals surface area contributed by atoms with Crippen molar-refractivity contribution in [3.8, 4) is 28.5 Å². The summed E-state index contributed by atoms with van der Waals surface area (Å²) in [6.07, 6.45) is 1.83. The summed E-state index contributed by atoms with van der Waals surface area (Å²) in [7, 11) is 4.86. The second-order valence-corrected chi connectivity index (χ2v) is 6.72. The Balaban J connectivity index is 1.91. The molecule has 0 spiro atoms. The van der Waals surface area contributed by atoms with Crippen LogP contribution in [0.5, 0.6) is 17.2 Å². The zero-order valence-electron chi connectivity index (χ0n) is 16.3. The molecule has 0 saturated heterocycles. The summed E-state index contributed by atoms with van der Waals surface area (Å²) < 4.78 is 18.2. The average Bonchev–Trinajstić information content (AvgIpc) is 3.11. The number of aromatic nitrogens is 2. The maximum absolute atomic E-state index is 6.26. The number of imidazole rings is 1. The molecule has 0 atom stereocenters. The number of hydrogen-bond acceptors (Lipinski definition) is 5. The quantitative estimate of drug-likeness (QED) is 0.460. The molecule has 0 radical (unpaired) electrons. The van der Waals surface area contributed by atoms with Gasteiger partial charge in [0.05, 0.1) is 32.0 Å². The van der Waals surface area contributed by atoms with Gasteiger partial charge in [-0.15, -0.1) is 0 Å². The van der Waals surface area contributed by atoms with Crippen LogP contribution >= 0.6 is 11.6 Å². The van der Waals surface area contributed by atoms with E-state index < -0.39 is 0 Å². The van der Waals surface area contributed by atoms with Crippen molar-refractivity contribution in [3.63, 3.8) is 0 Å². The Morgan fingerprint density at radius 1 is 0.862 bits per heavy atom. The molecule has 148 valence electrons. The normalized spacial score (nSPS) is 10.8. The highest BCUT2D eigenvalue weighted by molar-refractivity contribution is 6.30. The third-order valence-corrected chi connectivity index (χ3v) is 4.82. The van der Waals surface area contributed by atoms with Crippen molar-refractivity contribution in [2.24, 2.45) is 0 Å². The molecule has 0 amide bonds. The SMILES string of the molecule is COc1ccccc1Nc1c(-c2ccc(OC)c(OC)c2)nc2ccc(Cl)cn12. The molecule has 2 heterocycles. The third-order valence-electron chi connectivity index (χ3n) is 4.60. The fourth-order valence-corrected chi connectivity index (χ4v) is 3.36. The van der Waals surface area contributed by atoms with Crippen molar-refractivity contribution in [1.29, 1.82) is 0 Å². The summed E-state index contributed by atoms with van der Waals surface area (Å²) in [5.74, 6) is 2.77. The number of para-hydroxylation sites is 2. The minimum atomic E-state index is 0.608. The summed E-state index contributed by atoms with van der Waals surface area (Å²) in [6.45, 7) is 0. The van der Waals surface area contributed by atoms with Crippen LogP contribution in [-0.2, 0) is 0 Å². The lowest BCUT2D eigenvalue weighted by Gasteiger charge is -2.13. The number of methoxy groups -OCH3 is 3. The second kappa shape index (κ2) is 7.93. The smallest absolute Gasteiger partial charge is 0.161 e. The Labute approximate surface area is 173 Å². The van der Waals surface area contributed by atoms with E-state index in [9.17, 15) is 0 Å². The van der Waals surface area contributed by atoms with E-state index in [4.69, 9.17) is 30.8 Å². The van der Waals surface area contributed by atoms with E-state index in [0.29, 0.717) is 16.5 Å². The first-order valence-corrected chi connectivity index (χ1v) is 9.32. The first-order valence-electron chi connectivity index (χ1n) is 8.94. The number of nitrogens with one attached hydrogen (secondary N) is 1. The van der Waals surface area contributed by atoms with Crippen molar-refractivity contribution in [3.05, 3.63) is 65.8 Å². The highest BCUT2D eigenvalue weighted by atomic mass is 35.5. The number of rotatable bonds is 6. The van der Waals surface area contributed by atoms with E-state index in [1.165, 1.54) is 0 Å². The molecule has 6 nitrogen and oxygen atoms in total. The number of ether oxygens (including phenoxy) is 3. The Bertz CT molecular complexity index is 1170. The lowest BCUT2D eigenvalue weighted by molar-refractivity contribution is 0.355. The van der Waals surface area contributed by atoms with Crippen LogP contribution in [0.1, 0.15) is 0 Å². The zero-order chi connectivity index (χ0) is 20.4. The molecule has 0 aliphatic heterocycles. The van der Waals surface area contributed by atoms with Gasteiger partial charge >= 0.3 is 0 Å². The Kier molecular flexibility index (Phi) is 5.18. The van der Waals surface area contributed by atoms with E-state index in [2.05, 4.69) is 5.32 Å². The highest BCUT2D eigenvalue weighted by Crippen LogP contribution is 2.38. The van der Waals surface area contributed by atoms with Crippen LogP contribution in [0.4, 0.5) is 11.5 Å². The number of pyridine rings is 1. The molecule has 29 heavy (non-hydrogen) atoms. The zero-order valence-corrected chi connectivity index (χ0v) is 17.0. The van der Waals surface area contributed by atoms with Crippen LogP contribution in [0.25, 0.3) is 16.9 Å². The minimum absolute atomic E-state index is 0.608. The fraction of sp³-hybridized carbons (Fsp3) is 0.136. The fourth-order valence-electron chi connectivity index (χ4n) is 3.20. The molecule has 0 fully saturated rings. The molecule has 4 rings (SSSR count). The molecule has 1 N–H and O–H groups in total. The van der Waals surface area contributed by atoms with Gasteiger partial charge in [-0.25, -0.2) is 4.98 Å². The van der Waals surface area contributed by atoms with Crippen LogP contribution in [0.3, 0.4) is 0 Å². The Hall–Kier alpha value is -3.38. The topological polar surface area (TPSA) is 57.0 Å². The number of anilines is 2. The molecule has 2 aromatic heterocycles. The van der Waals surface area contributed by atoms with Gasteiger partial charge < -0.3 is 19.5 Å². The highest BCUT2D eigenvalue weighted by Gasteiger charge is 2.18. The first-order chi connectivity index (χ1) is 14.1. The maximum Gasteiger partial charge on any atom is 0.161 e. The van der Waals surface area contributed by atoms with Crippen LogP contribution < -0.4 is 19.5 Å². The minimum Gasteiger partial charge on any atom is -0.495 e. The number of fused-ring (bicyclic) bond motifs is 1. The number of halogens is 1. The molecule has 0 bridgehead atoms. The van der Waals surface area contributed by atoms with E-state index in [1.807, 2.05) is 65.2 Å². The standard InChI is InChI=1S/C22H20ClN3O3/c1-27-17-7-5-4-6-16(17)24-22-21(25-20-11-9-15(23)13-26(20)22)14-8-10-18(28-2)19(12-14)29-3/h4-13,24H,1-3H3. The lowest BCUT2D eigenvalue weighted by atomic mass is 10.1. The number of hydrogen-bond donors (Lipinski definition) is 1. The average molecular weight is 410 g/mol. The van der Waals surface area contributed by atoms with Gasteiger partial charge in [-0.1, -0.05) is 23.7 Å².